The van der Waals surface area contributed by atoms with E-state index < -0.39 is 0 Å². The fourth-order valence-corrected chi connectivity index (χ4v) is 3.76. The Kier molecular flexibility index (Phi) is 2.02. The van der Waals surface area contributed by atoms with Crippen LogP contribution in [-0.4, -0.2) is 22.6 Å². The SMILES string of the molecule is CC1SC2c3ccccc3CCN2C1=O. The molecule has 1 amide bonds. The van der Waals surface area contributed by atoms with Crippen molar-refractivity contribution in [1.82, 2.24) is 4.90 Å². The molecule has 2 aliphatic heterocycles. The lowest BCUT2D eigenvalue weighted by Gasteiger charge is -2.30. The van der Waals surface area contributed by atoms with E-state index in [1.54, 1.807) is 11.8 Å². The number of amides is 1. The molecule has 0 aliphatic carbocycles. The maximum atomic E-state index is 11.9. The van der Waals surface area contributed by atoms with Crippen molar-refractivity contribution >= 4 is 17.7 Å². The van der Waals surface area contributed by atoms with Crippen LogP contribution in [0.25, 0.3) is 0 Å². The Morgan fingerprint density at radius 3 is 3.07 bits per heavy atom. The number of hydrogen-bond acceptors (Lipinski definition) is 2. The van der Waals surface area contributed by atoms with E-state index in [1.807, 2.05) is 11.8 Å². The van der Waals surface area contributed by atoms with Crippen LogP contribution in [-0.2, 0) is 11.2 Å². The Bertz CT molecular complexity index is 418. The number of rotatable bonds is 0. The van der Waals surface area contributed by atoms with Gasteiger partial charge in [-0.3, -0.25) is 4.79 Å². The Hall–Kier alpha value is -0.960. The summed E-state index contributed by atoms with van der Waals surface area (Å²) in [7, 11) is 0. The second-order valence-electron chi connectivity index (χ2n) is 4.11. The van der Waals surface area contributed by atoms with Gasteiger partial charge in [-0.05, 0) is 24.5 Å². The number of nitrogens with zero attached hydrogens (tertiary/aromatic N) is 1. The number of thioether (sulfide) groups is 1. The molecule has 2 heterocycles. The Morgan fingerprint density at radius 2 is 2.20 bits per heavy atom. The second kappa shape index (κ2) is 3.27. The fourth-order valence-electron chi connectivity index (χ4n) is 2.39. The van der Waals surface area contributed by atoms with Gasteiger partial charge < -0.3 is 4.90 Å². The molecular weight excluding hydrogens is 206 g/mol. The average molecular weight is 219 g/mol. The first-order valence-corrected chi connectivity index (χ1v) is 6.25. The van der Waals surface area contributed by atoms with E-state index in [2.05, 4.69) is 24.3 Å². The highest BCUT2D eigenvalue weighted by Crippen LogP contribution is 2.46. The summed E-state index contributed by atoms with van der Waals surface area (Å²) in [6.45, 7) is 2.89. The zero-order valence-corrected chi connectivity index (χ0v) is 9.46. The zero-order chi connectivity index (χ0) is 10.4. The molecule has 0 bridgehead atoms. The molecular formula is C12H13NOS. The zero-order valence-electron chi connectivity index (χ0n) is 8.64. The highest BCUT2D eigenvalue weighted by Gasteiger charge is 2.40. The first-order chi connectivity index (χ1) is 7.27. The molecule has 0 aromatic heterocycles. The molecule has 2 unspecified atom stereocenters. The van der Waals surface area contributed by atoms with Crippen LogP contribution in [0.3, 0.4) is 0 Å². The van der Waals surface area contributed by atoms with Crippen molar-refractivity contribution in [2.45, 2.75) is 24.0 Å². The van der Waals surface area contributed by atoms with Crippen molar-refractivity contribution in [3.8, 4) is 0 Å². The van der Waals surface area contributed by atoms with Gasteiger partial charge in [0.15, 0.2) is 0 Å². The largest absolute Gasteiger partial charge is 0.325 e. The highest BCUT2D eigenvalue weighted by molar-refractivity contribution is 8.01. The maximum Gasteiger partial charge on any atom is 0.236 e. The normalized spacial score (nSPS) is 28.9. The lowest BCUT2D eigenvalue weighted by molar-refractivity contribution is -0.130. The van der Waals surface area contributed by atoms with Crippen molar-refractivity contribution in [1.29, 1.82) is 0 Å². The molecule has 2 aliphatic rings. The van der Waals surface area contributed by atoms with E-state index in [4.69, 9.17) is 0 Å². The molecule has 0 spiro atoms. The van der Waals surface area contributed by atoms with Crippen LogP contribution in [0.2, 0.25) is 0 Å². The van der Waals surface area contributed by atoms with Crippen LogP contribution in [0.4, 0.5) is 0 Å². The minimum Gasteiger partial charge on any atom is -0.325 e. The van der Waals surface area contributed by atoms with Gasteiger partial charge in [-0.25, -0.2) is 0 Å². The van der Waals surface area contributed by atoms with Gasteiger partial charge in [-0.1, -0.05) is 24.3 Å². The average Bonchev–Trinajstić information content (AvgIpc) is 2.56. The summed E-state index contributed by atoms with van der Waals surface area (Å²) in [5.41, 5.74) is 2.75. The summed E-state index contributed by atoms with van der Waals surface area (Å²) in [5.74, 6) is 0.305. The van der Waals surface area contributed by atoms with Gasteiger partial charge in [0.2, 0.25) is 5.91 Å². The summed E-state index contributed by atoms with van der Waals surface area (Å²) in [5, 5.41) is 0.401. The first kappa shape index (κ1) is 9.28. The van der Waals surface area contributed by atoms with Crippen LogP contribution in [0.1, 0.15) is 23.4 Å². The molecule has 2 nitrogen and oxygen atoms in total. The van der Waals surface area contributed by atoms with Crippen molar-refractivity contribution in [3.63, 3.8) is 0 Å². The molecule has 0 saturated carbocycles. The van der Waals surface area contributed by atoms with Crippen molar-refractivity contribution < 1.29 is 4.79 Å². The third-order valence-corrected chi connectivity index (χ3v) is 4.57. The number of carbonyl (C=O) groups excluding carboxylic acids is 1. The van der Waals surface area contributed by atoms with Crippen LogP contribution >= 0.6 is 11.8 Å². The molecule has 3 heteroatoms. The van der Waals surface area contributed by atoms with Crippen LogP contribution in [0.15, 0.2) is 24.3 Å². The molecule has 1 fully saturated rings. The van der Waals surface area contributed by atoms with Crippen LogP contribution in [0, 0.1) is 0 Å². The molecule has 1 saturated heterocycles. The molecule has 78 valence electrons. The smallest absolute Gasteiger partial charge is 0.236 e. The van der Waals surface area contributed by atoms with Gasteiger partial charge in [-0.15, -0.1) is 11.8 Å². The van der Waals surface area contributed by atoms with Gasteiger partial charge in [0.1, 0.15) is 5.37 Å². The van der Waals surface area contributed by atoms with Crippen molar-refractivity contribution in [2.24, 2.45) is 0 Å². The third-order valence-electron chi connectivity index (χ3n) is 3.19. The van der Waals surface area contributed by atoms with E-state index in [1.165, 1.54) is 11.1 Å². The molecule has 0 N–H and O–H groups in total. The highest BCUT2D eigenvalue weighted by atomic mass is 32.2. The van der Waals surface area contributed by atoms with Crippen molar-refractivity contribution in [3.05, 3.63) is 35.4 Å². The molecule has 3 rings (SSSR count). The van der Waals surface area contributed by atoms with E-state index >= 15 is 0 Å². The maximum absolute atomic E-state index is 11.9. The minimum absolute atomic E-state index is 0.126. The van der Waals surface area contributed by atoms with E-state index in [9.17, 15) is 4.79 Å². The third kappa shape index (κ3) is 1.29. The van der Waals surface area contributed by atoms with Gasteiger partial charge >= 0.3 is 0 Å². The number of fused-ring (bicyclic) bond motifs is 3. The fraction of sp³-hybridized carbons (Fsp3) is 0.417. The Balaban J connectivity index is 2.05. The summed E-state index contributed by atoms with van der Waals surface area (Å²) < 4.78 is 0. The van der Waals surface area contributed by atoms with Crippen LogP contribution in [0.5, 0.6) is 0 Å². The van der Waals surface area contributed by atoms with Crippen molar-refractivity contribution in [2.75, 3.05) is 6.54 Å². The lowest BCUT2D eigenvalue weighted by Crippen LogP contribution is -2.35. The van der Waals surface area contributed by atoms with Gasteiger partial charge in [-0.2, -0.15) is 0 Å². The van der Waals surface area contributed by atoms with E-state index in [0.29, 0.717) is 5.91 Å². The molecule has 0 radical (unpaired) electrons. The Morgan fingerprint density at radius 1 is 1.40 bits per heavy atom. The molecule has 15 heavy (non-hydrogen) atoms. The minimum atomic E-state index is 0.126. The molecule has 2 atom stereocenters. The van der Waals surface area contributed by atoms with E-state index in [0.717, 1.165) is 13.0 Å². The molecule has 1 aromatic rings. The summed E-state index contributed by atoms with van der Waals surface area (Å²) in [6, 6.07) is 8.49. The summed E-state index contributed by atoms with van der Waals surface area (Å²) in [4.78, 5) is 13.9. The summed E-state index contributed by atoms with van der Waals surface area (Å²) in [6.07, 6.45) is 1.01. The topological polar surface area (TPSA) is 20.3 Å². The molecule has 1 aromatic carbocycles. The lowest BCUT2D eigenvalue weighted by atomic mass is 9.99. The first-order valence-electron chi connectivity index (χ1n) is 5.31. The Labute approximate surface area is 93.7 Å². The number of hydrogen-bond donors (Lipinski definition) is 0. The van der Waals surface area contributed by atoms with Gasteiger partial charge in [0.25, 0.3) is 0 Å². The predicted octanol–water partition coefficient (Wildman–Crippen LogP) is 2.21. The van der Waals surface area contributed by atoms with Gasteiger partial charge in [0, 0.05) is 6.54 Å². The predicted molar refractivity (Wildman–Crippen MR) is 61.7 cm³/mol. The van der Waals surface area contributed by atoms with Gasteiger partial charge in [0.05, 0.1) is 5.25 Å². The number of benzene rings is 1. The van der Waals surface area contributed by atoms with Crippen LogP contribution < -0.4 is 0 Å². The summed E-state index contributed by atoms with van der Waals surface area (Å²) >= 11 is 1.78. The number of carbonyl (C=O) groups is 1. The monoisotopic (exact) mass is 219 g/mol. The quantitative estimate of drug-likeness (QED) is 0.666. The van der Waals surface area contributed by atoms with E-state index in [-0.39, 0.29) is 10.6 Å². The standard InChI is InChI=1S/C12H13NOS/c1-8-11(14)13-7-6-9-4-2-3-5-10(9)12(13)15-8/h2-5,8,12H,6-7H2,1H3. The second-order valence-corrected chi connectivity index (χ2v) is 5.54.